The first-order chi connectivity index (χ1) is 10.1. The molecule has 0 unspecified atom stereocenters. The predicted molar refractivity (Wildman–Crippen MR) is 85.0 cm³/mol. The zero-order chi connectivity index (χ0) is 15.2. The van der Waals surface area contributed by atoms with Crippen LogP contribution >= 0.6 is 15.9 Å². The Hall–Kier alpha value is -2.41. The van der Waals surface area contributed by atoms with Crippen LogP contribution in [-0.2, 0) is 0 Å². The van der Waals surface area contributed by atoms with Gasteiger partial charge in [-0.3, -0.25) is 15.5 Å². The van der Waals surface area contributed by atoms with E-state index in [2.05, 4.69) is 26.5 Å². The minimum Gasteiger partial charge on any atom is -0.496 e. The lowest BCUT2D eigenvalue weighted by molar-refractivity contribution is -0.384. The fraction of sp³-hybridized carbons (Fsp3) is 0.0714. The van der Waals surface area contributed by atoms with Crippen molar-refractivity contribution in [1.29, 1.82) is 0 Å². The Morgan fingerprint density at radius 3 is 2.57 bits per heavy atom. The van der Waals surface area contributed by atoms with Crippen molar-refractivity contribution in [2.24, 2.45) is 5.10 Å². The van der Waals surface area contributed by atoms with Gasteiger partial charge in [-0.1, -0.05) is 0 Å². The second kappa shape index (κ2) is 6.85. The summed E-state index contributed by atoms with van der Waals surface area (Å²) in [5, 5.41) is 14.6. The Kier molecular flexibility index (Phi) is 4.89. The molecule has 1 N–H and O–H groups in total. The Balaban J connectivity index is 2.01. The first kappa shape index (κ1) is 15.0. The lowest BCUT2D eigenvalue weighted by Crippen LogP contribution is -1.92. The van der Waals surface area contributed by atoms with E-state index in [1.165, 1.54) is 12.1 Å². The summed E-state index contributed by atoms with van der Waals surface area (Å²) in [6.07, 6.45) is 1.64. The van der Waals surface area contributed by atoms with Crippen LogP contribution in [0.2, 0.25) is 0 Å². The van der Waals surface area contributed by atoms with E-state index >= 15 is 0 Å². The van der Waals surface area contributed by atoms with Gasteiger partial charge in [0.25, 0.3) is 5.69 Å². The molecule has 0 heterocycles. The van der Waals surface area contributed by atoms with E-state index in [1.807, 2.05) is 18.2 Å². The number of ether oxygens (including phenoxy) is 1. The highest BCUT2D eigenvalue weighted by Crippen LogP contribution is 2.24. The zero-order valence-corrected chi connectivity index (χ0v) is 12.7. The second-order valence-electron chi connectivity index (χ2n) is 4.07. The molecule has 2 aromatic rings. The number of nitro benzene ring substituents is 1. The SMILES string of the molecule is COc1ccc(/C=N/Nc2ccc([N+](=O)[O-])cc2)cc1Br. The van der Waals surface area contributed by atoms with Gasteiger partial charge in [0.05, 0.1) is 28.4 Å². The number of hydrogen-bond acceptors (Lipinski definition) is 5. The first-order valence-corrected chi connectivity index (χ1v) is 6.76. The van der Waals surface area contributed by atoms with E-state index in [4.69, 9.17) is 4.74 Å². The average Bonchev–Trinajstić information content (AvgIpc) is 2.48. The van der Waals surface area contributed by atoms with Crippen molar-refractivity contribution in [2.75, 3.05) is 12.5 Å². The number of methoxy groups -OCH3 is 1. The fourth-order valence-corrected chi connectivity index (χ4v) is 2.16. The smallest absolute Gasteiger partial charge is 0.269 e. The van der Waals surface area contributed by atoms with Crippen LogP contribution in [-0.4, -0.2) is 18.2 Å². The number of nitro groups is 1. The minimum atomic E-state index is -0.443. The number of halogens is 1. The lowest BCUT2D eigenvalue weighted by atomic mass is 10.2. The van der Waals surface area contributed by atoms with Crippen LogP contribution in [0.25, 0.3) is 0 Å². The van der Waals surface area contributed by atoms with Gasteiger partial charge in [0, 0.05) is 12.1 Å². The maximum absolute atomic E-state index is 10.5. The summed E-state index contributed by atoms with van der Waals surface area (Å²) in [6, 6.07) is 11.6. The van der Waals surface area contributed by atoms with Gasteiger partial charge in [0.1, 0.15) is 5.75 Å². The topological polar surface area (TPSA) is 76.8 Å². The van der Waals surface area contributed by atoms with Gasteiger partial charge in [-0.15, -0.1) is 0 Å². The van der Waals surface area contributed by atoms with Crippen LogP contribution in [0.5, 0.6) is 5.75 Å². The highest BCUT2D eigenvalue weighted by Gasteiger charge is 2.03. The van der Waals surface area contributed by atoms with Gasteiger partial charge in [0.2, 0.25) is 0 Å². The van der Waals surface area contributed by atoms with Gasteiger partial charge < -0.3 is 4.74 Å². The second-order valence-corrected chi connectivity index (χ2v) is 4.92. The molecule has 2 aromatic carbocycles. The molecule has 7 heteroatoms. The molecular weight excluding hydrogens is 338 g/mol. The minimum absolute atomic E-state index is 0.0450. The molecule has 0 aliphatic carbocycles. The molecule has 2 rings (SSSR count). The zero-order valence-electron chi connectivity index (χ0n) is 11.1. The standard InChI is InChI=1S/C14H12BrN3O3/c1-21-14-7-2-10(8-13(14)15)9-16-17-11-3-5-12(6-4-11)18(19)20/h2-9,17H,1H3/b16-9+. The van der Waals surface area contributed by atoms with Crippen molar-refractivity contribution >= 4 is 33.5 Å². The lowest BCUT2D eigenvalue weighted by Gasteiger charge is -2.03. The molecule has 108 valence electrons. The molecule has 6 nitrogen and oxygen atoms in total. The van der Waals surface area contributed by atoms with Crippen molar-refractivity contribution in [3.05, 3.63) is 62.6 Å². The third-order valence-electron chi connectivity index (χ3n) is 2.66. The molecule has 0 saturated heterocycles. The van der Waals surface area contributed by atoms with E-state index in [1.54, 1.807) is 25.5 Å². The van der Waals surface area contributed by atoms with Crippen molar-refractivity contribution in [2.45, 2.75) is 0 Å². The average molecular weight is 350 g/mol. The Morgan fingerprint density at radius 2 is 2.00 bits per heavy atom. The van der Waals surface area contributed by atoms with Crippen molar-refractivity contribution in [1.82, 2.24) is 0 Å². The van der Waals surface area contributed by atoms with Gasteiger partial charge in [0.15, 0.2) is 0 Å². The largest absolute Gasteiger partial charge is 0.496 e. The molecule has 0 atom stereocenters. The summed E-state index contributed by atoms with van der Waals surface area (Å²) >= 11 is 3.39. The van der Waals surface area contributed by atoms with E-state index in [0.717, 1.165) is 15.8 Å². The predicted octanol–water partition coefficient (Wildman–Crippen LogP) is 3.81. The maximum Gasteiger partial charge on any atom is 0.269 e. The molecule has 0 amide bonds. The quantitative estimate of drug-likeness (QED) is 0.505. The summed E-state index contributed by atoms with van der Waals surface area (Å²) in [7, 11) is 1.60. The van der Waals surface area contributed by atoms with Crippen LogP contribution in [0.15, 0.2) is 52.0 Å². The van der Waals surface area contributed by atoms with Crippen molar-refractivity contribution in [3.63, 3.8) is 0 Å². The monoisotopic (exact) mass is 349 g/mol. The number of rotatable bonds is 5. The molecule has 0 saturated carbocycles. The number of nitrogens with zero attached hydrogens (tertiary/aromatic N) is 2. The number of hydrazone groups is 1. The van der Waals surface area contributed by atoms with Gasteiger partial charge in [-0.05, 0) is 51.8 Å². The number of hydrogen-bond donors (Lipinski definition) is 1. The highest BCUT2D eigenvalue weighted by molar-refractivity contribution is 9.10. The molecule has 0 spiro atoms. The van der Waals surface area contributed by atoms with E-state index in [0.29, 0.717) is 5.69 Å². The number of nitrogens with one attached hydrogen (secondary N) is 1. The van der Waals surface area contributed by atoms with Crippen LogP contribution in [0, 0.1) is 10.1 Å². The van der Waals surface area contributed by atoms with E-state index in [9.17, 15) is 10.1 Å². The molecule has 0 bridgehead atoms. The third-order valence-corrected chi connectivity index (χ3v) is 3.28. The molecular formula is C14H12BrN3O3. The normalized spacial score (nSPS) is 10.6. The summed E-state index contributed by atoms with van der Waals surface area (Å²) in [5.74, 6) is 0.746. The maximum atomic E-state index is 10.5. The molecule has 0 radical (unpaired) electrons. The summed E-state index contributed by atoms with van der Waals surface area (Å²) in [4.78, 5) is 10.1. The fourth-order valence-electron chi connectivity index (χ4n) is 1.60. The highest BCUT2D eigenvalue weighted by atomic mass is 79.9. The van der Waals surface area contributed by atoms with Gasteiger partial charge in [-0.2, -0.15) is 5.10 Å². The Bertz CT molecular complexity index is 672. The third kappa shape index (κ3) is 4.03. The Morgan fingerprint density at radius 1 is 1.29 bits per heavy atom. The van der Waals surface area contributed by atoms with Crippen LogP contribution in [0.3, 0.4) is 0 Å². The molecule has 0 aliphatic rings. The number of non-ortho nitro benzene ring substituents is 1. The van der Waals surface area contributed by atoms with Crippen molar-refractivity contribution in [3.8, 4) is 5.75 Å². The summed E-state index contributed by atoms with van der Waals surface area (Å²) in [5.41, 5.74) is 4.41. The van der Waals surface area contributed by atoms with Crippen LogP contribution < -0.4 is 10.2 Å². The molecule has 0 aromatic heterocycles. The van der Waals surface area contributed by atoms with Gasteiger partial charge in [-0.25, -0.2) is 0 Å². The first-order valence-electron chi connectivity index (χ1n) is 5.97. The summed E-state index contributed by atoms with van der Waals surface area (Å²) < 4.78 is 5.98. The van der Waals surface area contributed by atoms with Crippen LogP contribution in [0.1, 0.15) is 5.56 Å². The van der Waals surface area contributed by atoms with E-state index in [-0.39, 0.29) is 5.69 Å². The Labute approximate surface area is 129 Å². The summed E-state index contributed by atoms with van der Waals surface area (Å²) in [6.45, 7) is 0. The molecule has 0 aliphatic heterocycles. The van der Waals surface area contributed by atoms with Crippen LogP contribution in [0.4, 0.5) is 11.4 Å². The molecule has 0 fully saturated rings. The number of anilines is 1. The van der Waals surface area contributed by atoms with Gasteiger partial charge >= 0.3 is 0 Å². The van der Waals surface area contributed by atoms with Crippen molar-refractivity contribution < 1.29 is 9.66 Å². The van der Waals surface area contributed by atoms with E-state index < -0.39 is 4.92 Å². The molecule has 21 heavy (non-hydrogen) atoms. The number of benzene rings is 2.